The van der Waals surface area contributed by atoms with Gasteiger partial charge in [-0.1, -0.05) is 23.7 Å². The quantitative estimate of drug-likeness (QED) is 0.729. The summed E-state index contributed by atoms with van der Waals surface area (Å²) >= 11 is 6.00. The number of ether oxygens (including phenoxy) is 1. The first-order valence-electron chi connectivity index (χ1n) is 5.26. The van der Waals surface area contributed by atoms with Gasteiger partial charge in [-0.15, -0.1) is 0 Å². The van der Waals surface area contributed by atoms with Crippen molar-refractivity contribution in [3.05, 3.63) is 34.9 Å². The largest absolute Gasteiger partial charge is 0.375 e. The molecule has 0 spiro atoms. The van der Waals surface area contributed by atoms with Crippen molar-refractivity contribution in [2.45, 2.75) is 19.1 Å². The lowest BCUT2D eigenvalue weighted by Gasteiger charge is -2.37. The first-order chi connectivity index (χ1) is 7.18. The van der Waals surface area contributed by atoms with Crippen LogP contribution in [0.25, 0.3) is 0 Å². The summed E-state index contributed by atoms with van der Waals surface area (Å²) in [6.45, 7) is 3.90. The standard InChI is InChI=1S/C12H16ClNO/c1-9-12(14(2)6-7-15-9)10-4-3-5-11(13)8-10/h3-5,8-9,12H,6-7H2,1-2H3/t9-,12+/m0/s1. The molecule has 0 unspecified atom stereocenters. The molecule has 15 heavy (non-hydrogen) atoms. The first kappa shape index (κ1) is 10.9. The highest BCUT2D eigenvalue weighted by atomic mass is 35.5. The molecular weight excluding hydrogens is 210 g/mol. The highest BCUT2D eigenvalue weighted by molar-refractivity contribution is 6.30. The maximum absolute atomic E-state index is 6.00. The molecule has 2 rings (SSSR count). The second-order valence-corrected chi connectivity index (χ2v) is 4.49. The van der Waals surface area contributed by atoms with Gasteiger partial charge in [-0.3, -0.25) is 4.90 Å². The second-order valence-electron chi connectivity index (χ2n) is 4.06. The van der Waals surface area contributed by atoms with Crippen LogP contribution < -0.4 is 0 Å². The topological polar surface area (TPSA) is 12.5 Å². The van der Waals surface area contributed by atoms with E-state index in [1.165, 1.54) is 5.56 Å². The molecule has 0 saturated carbocycles. The van der Waals surface area contributed by atoms with Gasteiger partial charge in [0.2, 0.25) is 0 Å². The number of benzene rings is 1. The van der Waals surface area contributed by atoms with E-state index in [-0.39, 0.29) is 6.10 Å². The Balaban J connectivity index is 2.27. The molecule has 2 atom stereocenters. The van der Waals surface area contributed by atoms with E-state index in [0.717, 1.165) is 18.2 Å². The Hall–Kier alpha value is -0.570. The molecule has 82 valence electrons. The fraction of sp³-hybridized carbons (Fsp3) is 0.500. The molecule has 1 aliphatic rings. The van der Waals surface area contributed by atoms with E-state index < -0.39 is 0 Å². The maximum Gasteiger partial charge on any atom is 0.0744 e. The molecule has 0 N–H and O–H groups in total. The predicted molar refractivity (Wildman–Crippen MR) is 62.2 cm³/mol. The zero-order valence-electron chi connectivity index (χ0n) is 9.11. The van der Waals surface area contributed by atoms with Gasteiger partial charge < -0.3 is 4.74 Å². The van der Waals surface area contributed by atoms with Gasteiger partial charge in [-0.05, 0) is 31.7 Å². The lowest BCUT2D eigenvalue weighted by molar-refractivity contribution is -0.0528. The number of morpholine rings is 1. The van der Waals surface area contributed by atoms with Crippen molar-refractivity contribution in [3.63, 3.8) is 0 Å². The summed E-state index contributed by atoms with van der Waals surface area (Å²) in [5.74, 6) is 0. The Bertz CT molecular complexity index is 332. The molecule has 1 aromatic rings. The van der Waals surface area contributed by atoms with Gasteiger partial charge >= 0.3 is 0 Å². The summed E-state index contributed by atoms with van der Waals surface area (Å²) in [5, 5.41) is 0.790. The summed E-state index contributed by atoms with van der Waals surface area (Å²) in [5.41, 5.74) is 1.23. The molecule has 1 aromatic carbocycles. The number of hydrogen-bond acceptors (Lipinski definition) is 2. The van der Waals surface area contributed by atoms with Crippen LogP contribution in [-0.4, -0.2) is 31.2 Å². The first-order valence-corrected chi connectivity index (χ1v) is 5.63. The molecular formula is C12H16ClNO. The lowest BCUT2D eigenvalue weighted by Crippen LogP contribution is -2.41. The molecule has 2 nitrogen and oxygen atoms in total. The van der Waals surface area contributed by atoms with Gasteiger partial charge in [-0.2, -0.15) is 0 Å². The Kier molecular flexibility index (Phi) is 3.29. The molecule has 1 aliphatic heterocycles. The third-order valence-corrected chi connectivity index (χ3v) is 3.17. The van der Waals surface area contributed by atoms with Crippen LogP contribution in [0.4, 0.5) is 0 Å². The highest BCUT2D eigenvalue weighted by Crippen LogP contribution is 2.29. The fourth-order valence-electron chi connectivity index (χ4n) is 2.19. The van der Waals surface area contributed by atoms with E-state index in [4.69, 9.17) is 16.3 Å². The van der Waals surface area contributed by atoms with Crippen LogP contribution in [0.3, 0.4) is 0 Å². The van der Waals surface area contributed by atoms with Gasteiger partial charge in [0.25, 0.3) is 0 Å². The minimum absolute atomic E-state index is 0.224. The van der Waals surface area contributed by atoms with Crippen molar-refractivity contribution in [3.8, 4) is 0 Å². The summed E-state index contributed by atoms with van der Waals surface area (Å²) in [4.78, 5) is 2.32. The van der Waals surface area contributed by atoms with Crippen LogP contribution in [0.2, 0.25) is 5.02 Å². The number of halogens is 1. The van der Waals surface area contributed by atoms with E-state index in [0.29, 0.717) is 6.04 Å². The summed E-state index contributed by atoms with van der Waals surface area (Å²) < 4.78 is 5.67. The van der Waals surface area contributed by atoms with Gasteiger partial charge in [0.15, 0.2) is 0 Å². The average Bonchev–Trinajstić information content (AvgIpc) is 2.17. The minimum Gasteiger partial charge on any atom is -0.375 e. The molecule has 3 heteroatoms. The predicted octanol–water partition coefficient (Wildman–Crippen LogP) is 2.73. The number of nitrogens with zero attached hydrogens (tertiary/aromatic N) is 1. The lowest BCUT2D eigenvalue weighted by atomic mass is 10.00. The van der Waals surface area contributed by atoms with E-state index in [1.54, 1.807) is 0 Å². The Morgan fingerprint density at radius 3 is 2.93 bits per heavy atom. The number of hydrogen-bond donors (Lipinski definition) is 0. The minimum atomic E-state index is 0.224. The van der Waals surface area contributed by atoms with Crippen LogP contribution in [0, 0.1) is 0 Å². The fourth-order valence-corrected chi connectivity index (χ4v) is 2.39. The van der Waals surface area contributed by atoms with Gasteiger partial charge in [0, 0.05) is 11.6 Å². The second kappa shape index (κ2) is 4.52. The van der Waals surface area contributed by atoms with Crippen LogP contribution in [0.15, 0.2) is 24.3 Å². The van der Waals surface area contributed by atoms with Gasteiger partial charge in [-0.25, -0.2) is 0 Å². The van der Waals surface area contributed by atoms with Gasteiger partial charge in [0.05, 0.1) is 18.8 Å². The van der Waals surface area contributed by atoms with Crippen LogP contribution in [0.1, 0.15) is 18.5 Å². The normalized spacial score (nSPS) is 27.9. The summed E-state index contributed by atoms with van der Waals surface area (Å²) in [6.07, 6.45) is 0.224. The molecule has 1 heterocycles. The smallest absolute Gasteiger partial charge is 0.0744 e. The van der Waals surface area contributed by atoms with Crippen LogP contribution in [-0.2, 0) is 4.74 Å². The van der Waals surface area contributed by atoms with Crippen molar-refractivity contribution in [1.82, 2.24) is 4.90 Å². The van der Waals surface area contributed by atoms with Crippen LogP contribution >= 0.6 is 11.6 Å². The molecule has 1 fully saturated rings. The molecule has 0 aliphatic carbocycles. The molecule has 0 amide bonds. The molecule has 1 saturated heterocycles. The van der Waals surface area contributed by atoms with Crippen molar-refractivity contribution in [2.24, 2.45) is 0 Å². The average molecular weight is 226 g/mol. The third-order valence-electron chi connectivity index (χ3n) is 2.93. The van der Waals surface area contributed by atoms with E-state index >= 15 is 0 Å². The summed E-state index contributed by atoms with van der Waals surface area (Å²) in [7, 11) is 2.13. The SMILES string of the molecule is C[C@@H]1OCCN(C)[C@H]1c1cccc(Cl)c1. The zero-order valence-corrected chi connectivity index (χ0v) is 9.87. The molecule has 0 aromatic heterocycles. The highest BCUT2D eigenvalue weighted by Gasteiger charge is 2.27. The van der Waals surface area contributed by atoms with E-state index in [9.17, 15) is 0 Å². The zero-order chi connectivity index (χ0) is 10.8. The molecule has 0 radical (unpaired) electrons. The van der Waals surface area contributed by atoms with Crippen LogP contribution in [0.5, 0.6) is 0 Å². The van der Waals surface area contributed by atoms with Crippen molar-refractivity contribution >= 4 is 11.6 Å². The van der Waals surface area contributed by atoms with Crippen molar-refractivity contribution in [1.29, 1.82) is 0 Å². The van der Waals surface area contributed by atoms with Crippen molar-refractivity contribution < 1.29 is 4.74 Å². The molecule has 0 bridgehead atoms. The van der Waals surface area contributed by atoms with Gasteiger partial charge in [0.1, 0.15) is 0 Å². The monoisotopic (exact) mass is 225 g/mol. The van der Waals surface area contributed by atoms with E-state index in [1.807, 2.05) is 18.2 Å². The number of likely N-dealkylation sites (N-methyl/N-ethyl adjacent to an activating group) is 1. The third kappa shape index (κ3) is 2.33. The van der Waals surface area contributed by atoms with Crippen molar-refractivity contribution in [2.75, 3.05) is 20.2 Å². The maximum atomic E-state index is 6.00. The van der Waals surface area contributed by atoms with E-state index in [2.05, 4.69) is 24.9 Å². The number of rotatable bonds is 1. The Morgan fingerprint density at radius 1 is 1.47 bits per heavy atom. The summed E-state index contributed by atoms with van der Waals surface area (Å²) in [6, 6.07) is 8.34. The Labute approximate surface area is 95.8 Å². The Morgan fingerprint density at radius 2 is 2.27 bits per heavy atom.